The van der Waals surface area contributed by atoms with Crippen molar-refractivity contribution in [2.24, 2.45) is 0 Å². The Morgan fingerprint density at radius 2 is 1.59 bits per heavy atom. The van der Waals surface area contributed by atoms with E-state index in [2.05, 4.69) is 15.5 Å². The third-order valence-corrected chi connectivity index (χ3v) is 8.59. The lowest BCUT2D eigenvalue weighted by Gasteiger charge is -2.38. The molecule has 0 spiro atoms. The fourth-order valence-corrected chi connectivity index (χ4v) is 5.82. The van der Waals surface area contributed by atoms with E-state index in [1.54, 1.807) is 35.2 Å². The predicted octanol–water partition coefficient (Wildman–Crippen LogP) is 3.44. The van der Waals surface area contributed by atoms with Crippen LogP contribution < -0.4 is 30.4 Å². The molecular weight excluding hydrogens is 650 g/mol. The van der Waals surface area contributed by atoms with Crippen LogP contribution in [0.15, 0.2) is 75.9 Å². The fraction of sp³-hybridized carbons (Fsp3) is 0.333. The molecule has 1 fully saturated rings. The van der Waals surface area contributed by atoms with E-state index in [1.807, 2.05) is 37.2 Å². The van der Waals surface area contributed by atoms with Crippen molar-refractivity contribution in [2.75, 3.05) is 72.5 Å². The molecule has 1 aliphatic rings. The highest BCUT2D eigenvalue weighted by Crippen LogP contribution is 2.31. The van der Waals surface area contributed by atoms with Crippen molar-refractivity contribution in [1.29, 1.82) is 0 Å². The van der Waals surface area contributed by atoms with E-state index in [0.717, 1.165) is 23.9 Å². The fourth-order valence-electron chi connectivity index (χ4n) is 5.70. The molecule has 0 saturated carbocycles. The third kappa shape index (κ3) is 8.51. The second-order valence-corrected chi connectivity index (χ2v) is 12.4. The number of hydrogen-bond donors (Lipinski definition) is 2. The predicted molar refractivity (Wildman–Crippen MR) is 188 cm³/mol. The van der Waals surface area contributed by atoms with Gasteiger partial charge in [0.15, 0.2) is 22.7 Å². The smallest absolute Gasteiger partial charge is 0.287 e. The van der Waals surface area contributed by atoms with Gasteiger partial charge in [0.25, 0.3) is 11.8 Å². The van der Waals surface area contributed by atoms with Crippen molar-refractivity contribution >= 4 is 46.0 Å². The van der Waals surface area contributed by atoms with Gasteiger partial charge in [0.05, 0.1) is 25.2 Å². The zero-order chi connectivity index (χ0) is 35.1. The lowest BCUT2D eigenvalue weighted by molar-refractivity contribution is -0.133. The number of benzene rings is 3. The van der Waals surface area contributed by atoms with Crippen LogP contribution in [0.3, 0.4) is 0 Å². The minimum atomic E-state index is -0.971. The number of halogens is 1. The first-order chi connectivity index (χ1) is 23.6. The molecular formula is C36H40ClN5O7. The highest BCUT2D eigenvalue weighted by Gasteiger charge is 2.31. The number of nitrogens with one attached hydrogen (secondary N) is 2. The van der Waals surface area contributed by atoms with Gasteiger partial charge in [-0.2, -0.15) is 0 Å². The number of amides is 3. The summed E-state index contributed by atoms with van der Waals surface area (Å²) in [6.45, 7) is 2.96. The number of nitrogens with zero attached hydrogens (tertiary/aromatic N) is 3. The van der Waals surface area contributed by atoms with Crippen molar-refractivity contribution in [3.05, 3.63) is 98.9 Å². The summed E-state index contributed by atoms with van der Waals surface area (Å²) >= 11 is 6.10. The molecule has 4 aromatic rings. The Labute approximate surface area is 289 Å². The van der Waals surface area contributed by atoms with Crippen molar-refractivity contribution in [2.45, 2.75) is 12.5 Å². The molecule has 1 atom stereocenters. The summed E-state index contributed by atoms with van der Waals surface area (Å²) in [6.07, 6.45) is 0.181. The maximum atomic E-state index is 14.0. The molecule has 3 aromatic carbocycles. The Morgan fingerprint density at radius 3 is 2.27 bits per heavy atom. The summed E-state index contributed by atoms with van der Waals surface area (Å²) in [5.74, 6) is -0.720. The Hall–Kier alpha value is -5.07. The SMILES string of the molecule is COc1cc2oc(C(=O)N[C@H](Cc3ccc(Cl)cc3)C(=O)N3CCN(c4ccccc4C(=O)NCCN(C)C)CC3)cc(=O)c2cc1OC. The van der Waals surface area contributed by atoms with Gasteiger partial charge in [0, 0.05) is 68.5 Å². The van der Waals surface area contributed by atoms with Crippen LogP contribution in [0.4, 0.5) is 5.69 Å². The van der Waals surface area contributed by atoms with Gasteiger partial charge < -0.3 is 39.2 Å². The molecule has 2 heterocycles. The van der Waals surface area contributed by atoms with Crippen LogP contribution in [0.1, 0.15) is 26.5 Å². The molecule has 5 rings (SSSR count). The summed E-state index contributed by atoms with van der Waals surface area (Å²) < 4.78 is 16.5. The van der Waals surface area contributed by atoms with Crippen molar-refractivity contribution in [3.63, 3.8) is 0 Å². The number of rotatable bonds is 12. The van der Waals surface area contributed by atoms with Gasteiger partial charge in [-0.3, -0.25) is 19.2 Å². The van der Waals surface area contributed by atoms with Gasteiger partial charge in [-0.1, -0.05) is 35.9 Å². The first-order valence-corrected chi connectivity index (χ1v) is 16.3. The normalized spacial score (nSPS) is 13.7. The molecule has 1 saturated heterocycles. The van der Waals surface area contributed by atoms with Gasteiger partial charge in [-0.05, 0) is 50.0 Å². The number of anilines is 1. The van der Waals surface area contributed by atoms with Crippen LogP contribution in [0.25, 0.3) is 11.0 Å². The largest absolute Gasteiger partial charge is 0.493 e. The number of hydrogen-bond acceptors (Lipinski definition) is 9. The minimum absolute atomic E-state index is 0.138. The molecule has 0 aliphatic carbocycles. The molecule has 0 unspecified atom stereocenters. The van der Waals surface area contributed by atoms with E-state index in [9.17, 15) is 19.2 Å². The molecule has 12 nitrogen and oxygen atoms in total. The van der Waals surface area contributed by atoms with Crippen LogP contribution in [-0.4, -0.2) is 101 Å². The standard InChI is InChI=1S/C36H40ClN5O7/c1-40(2)14-13-38-34(44)25-7-5-6-8-28(25)41-15-17-42(18-16-41)36(46)27(19-23-9-11-24(37)12-10-23)39-35(45)33-21-29(43)26-20-31(47-3)32(48-4)22-30(26)49-33/h5-12,20-22,27H,13-19H2,1-4H3,(H,38,44)(H,39,45)/t27-/m1/s1. The Balaban J connectivity index is 1.33. The zero-order valence-electron chi connectivity index (χ0n) is 28.0. The molecule has 0 bridgehead atoms. The van der Waals surface area contributed by atoms with Crippen molar-refractivity contribution in [3.8, 4) is 11.5 Å². The van der Waals surface area contributed by atoms with Crippen LogP contribution in [-0.2, 0) is 11.2 Å². The average Bonchev–Trinajstić information content (AvgIpc) is 3.11. The van der Waals surface area contributed by atoms with E-state index in [1.165, 1.54) is 26.4 Å². The molecule has 49 heavy (non-hydrogen) atoms. The number of methoxy groups -OCH3 is 2. The lowest BCUT2D eigenvalue weighted by atomic mass is 10.0. The van der Waals surface area contributed by atoms with Crippen molar-refractivity contribution < 1.29 is 28.3 Å². The van der Waals surface area contributed by atoms with E-state index in [4.69, 9.17) is 25.5 Å². The first-order valence-electron chi connectivity index (χ1n) is 15.9. The molecule has 2 N–H and O–H groups in total. The Morgan fingerprint density at radius 1 is 0.918 bits per heavy atom. The molecule has 3 amide bonds. The average molecular weight is 690 g/mol. The summed E-state index contributed by atoms with van der Waals surface area (Å²) in [6, 6.07) is 17.6. The van der Waals surface area contributed by atoms with Gasteiger partial charge in [-0.25, -0.2) is 0 Å². The summed E-state index contributed by atoms with van der Waals surface area (Å²) in [5.41, 5.74) is 1.84. The number of carbonyl (C=O) groups excluding carboxylic acids is 3. The Kier molecular flexibility index (Phi) is 11.4. The lowest BCUT2D eigenvalue weighted by Crippen LogP contribution is -2.55. The van der Waals surface area contributed by atoms with E-state index in [-0.39, 0.29) is 35.0 Å². The number of para-hydroxylation sites is 1. The molecule has 13 heteroatoms. The second kappa shape index (κ2) is 15.9. The quantitative estimate of drug-likeness (QED) is 0.230. The van der Waals surface area contributed by atoms with Gasteiger partial charge >= 0.3 is 0 Å². The number of likely N-dealkylation sites (N-methyl/N-ethyl adjacent to an activating group) is 1. The van der Waals surface area contributed by atoms with E-state index in [0.29, 0.717) is 54.8 Å². The van der Waals surface area contributed by atoms with Crippen molar-refractivity contribution in [1.82, 2.24) is 20.4 Å². The van der Waals surface area contributed by atoms with Crippen LogP contribution in [0, 0.1) is 0 Å². The van der Waals surface area contributed by atoms with Gasteiger partial charge in [0.1, 0.15) is 11.6 Å². The van der Waals surface area contributed by atoms with Crippen LogP contribution in [0.5, 0.6) is 11.5 Å². The monoisotopic (exact) mass is 689 g/mol. The topological polar surface area (TPSA) is 134 Å². The summed E-state index contributed by atoms with van der Waals surface area (Å²) in [5, 5.41) is 6.54. The number of ether oxygens (including phenoxy) is 2. The Bertz CT molecular complexity index is 1870. The molecule has 1 aromatic heterocycles. The first kappa shape index (κ1) is 35.2. The zero-order valence-corrected chi connectivity index (χ0v) is 28.7. The van der Waals surface area contributed by atoms with E-state index >= 15 is 0 Å². The molecule has 0 radical (unpaired) electrons. The highest BCUT2D eigenvalue weighted by atomic mass is 35.5. The maximum absolute atomic E-state index is 14.0. The second-order valence-electron chi connectivity index (χ2n) is 11.9. The van der Waals surface area contributed by atoms with Gasteiger partial charge in [0.2, 0.25) is 5.91 Å². The van der Waals surface area contributed by atoms with Gasteiger partial charge in [-0.15, -0.1) is 0 Å². The number of carbonyl (C=O) groups is 3. The number of piperazine rings is 1. The van der Waals surface area contributed by atoms with E-state index < -0.39 is 17.4 Å². The molecule has 258 valence electrons. The summed E-state index contributed by atoms with van der Waals surface area (Å²) in [7, 11) is 6.80. The molecule has 1 aliphatic heterocycles. The summed E-state index contributed by atoms with van der Waals surface area (Å²) in [4.78, 5) is 59.4. The third-order valence-electron chi connectivity index (χ3n) is 8.34. The van der Waals surface area contributed by atoms with Crippen LogP contribution >= 0.6 is 11.6 Å². The number of fused-ring (bicyclic) bond motifs is 1. The maximum Gasteiger partial charge on any atom is 0.287 e. The van der Waals surface area contributed by atoms with Crippen LogP contribution in [0.2, 0.25) is 5.02 Å². The highest BCUT2D eigenvalue weighted by molar-refractivity contribution is 6.30. The minimum Gasteiger partial charge on any atom is -0.493 e.